The van der Waals surface area contributed by atoms with Crippen molar-refractivity contribution in [2.45, 2.75) is 0 Å². The lowest BCUT2D eigenvalue weighted by Gasteiger charge is -2.05. The maximum absolute atomic E-state index is 11.7. The molecule has 1 aromatic carbocycles. The van der Waals surface area contributed by atoms with Gasteiger partial charge in [-0.25, -0.2) is 0 Å². The molecule has 0 fully saturated rings. The topological polar surface area (TPSA) is 34.9 Å². The quantitative estimate of drug-likeness (QED) is 0.806. The van der Waals surface area contributed by atoms with Gasteiger partial charge in [-0.05, 0) is 18.2 Å². The zero-order valence-electron chi connectivity index (χ0n) is 8.23. The van der Waals surface area contributed by atoms with Crippen molar-refractivity contribution in [2.75, 3.05) is 0 Å². The van der Waals surface area contributed by atoms with Gasteiger partial charge in [-0.3, -0.25) is 4.79 Å². The third kappa shape index (κ3) is 2.93. The largest absolute Gasteiger partial charge is 0.291 e. The minimum atomic E-state index is -0.476. The van der Waals surface area contributed by atoms with Crippen molar-refractivity contribution in [2.24, 2.45) is 0 Å². The van der Waals surface area contributed by atoms with Crippen LogP contribution in [-0.4, -0.2) is 9.78 Å². The van der Waals surface area contributed by atoms with Crippen molar-refractivity contribution < 1.29 is 0 Å². The molecule has 1 heterocycles. The summed E-state index contributed by atoms with van der Waals surface area (Å²) in [6.07, 6.45) is 1.31. The van der Waals surface area contributed by atoms with Crippen molar-refractivity contribution in [1.29, 1.82) is 0 Å². The average Bonchev–Trinajstić information content (AvgIpc) is 2.26. The van der Waals surface area contributed by atoms with Crippen LogP contribution >= 0.6 is 47.2 Å². The number of hydrogen-bond donors (Lipinski definition) is 0. The van der Waals surface area contributed by atoms with Crippen LogP contribution < -0.4 is 5.56 Å². The molecule has 0 amide bonds. The molecule has 0 bridgehead atoms. The normalized spacial score (nSPS) is 9.82. The van der Waals surface area contributed by atoms with E-state index < -0.39 is 5.56 Å². The number of benzene rings is 1. The van der Waals surface area contributed by atoms with Crippen molar-refractivity contribution in [3.63, 3.8) is 0 Å². The van der Waals surface area contributed by atoms with Crippen molar-refractivity contribution in [3.8, 4) is 5.69 Å². The van der Waals surface area contributed by atoms with Crippen LogP contribution in [0.5, 0.6) is 0 Å². The fourth-order valence-electron chi connectivity index (χ4n) is 1.20. The summed E-state index contributed by atoms with van der Waals surface area (Å²) in [6, 6.07) is 6.73. The minimum absolute atomic E-state index is 0. The maximum atomic E-state index is 11.7. The van der Waals surface area contributed by atoms with Crippen LogP contribution in [0.1, 0.15) is 0 Å². The van der Waals surface area contributed by atoms with Crippen molar-refractivity contribution >= 4 is 47.2 Å². The van der Waals surface area contributed by atoms with Gasteiger partial charge in [0.05, 0.1) is 16.9 Å². The number of halogens is 4. The molecule has 2 rings (SSSR count). The zero-order valence-corrected chi connectivity index (χ0v) is 11.3. The van der Waals surface area contributed by atoms with Gasteiger partial charge >= 0.3 is 0 Å². The van der Waals surface area contributed by atoms with Gasteiger partial charge in [0.25, 0.3) is 5.56 Å². The SMILES string of the molecule is Cl.O=c1c(Cl)c(Cl)cnn1-c1cccc(Cl)c1. The van der Waals surface area contributed by atoms with Crippen molar-refractivity contribution in [1.82, 2.24) is 9.78 Å². The fraction of sp³-hybridized carbons (Fsp3) is 0. The van der Waals surface area contributed by atoms with Gasteiger partial charge in [-0.2, -0.15) is 9.78 Å². The van der Waals surface area contributed by atoms with Crippen LogP contribution in [0.3, 0.4) is 0 Å². The van der Waals surface area contributed by atoms with Gasteiger partial charge in [0, 0.05) is 5.02 Å². The first-order chi connectivity index (χ1) is 7.59. The summed E-state index contributed by atoms with van der Waals surface area (Å²) in [5, 5.41) is 4.46. The maximum Gasteiger partial charge on any atom is 0.291 e. The molecule has 1 aromatic heterocycles. The Balaban J connectivity index is 0.00000144. The van der Waals surface area contributed by atoms with E-state index in [4.69, 9.17) is 34.8 Å². The lowest BCUT2D eigenvalue weighted by atomic mass is 10.3. The second-order valence-electron chi connectivity index (χ2n) is 3.00. The van der Waals surface area contributed by atoms with Crippen LogP contribution in [0.15, 0.2) is 35.3 Å². The Bertz CT molecular complexity index is 597. The highest BCUT2D eigenvalue weighted by molar-refractivity contribution is 6.41. The first-order valence-electron chi connectivity index (χ1n) is 4.29. The van der Waals surface area contributed by atoms with Crippen LogP contribution in [0.2, 0.25) is 15.1 Å². The van der Waals surface area contributed by atoms with E-state index in [1.165, 1.54) is 6.20 Å². The molecule has 0 unspecified atom stereocenters. The van der Waals surface area contributed by atoms with E-state index in [1.807, 2.05) is 0 Å². The number of rotatable bonds is 1. The molecule has 0 saturated heterocycles. The first-order valence-corrected chi connectivity index (χ1v) is 5.42. The monoisotopic (exact) mass is 310 g/mol. The molecule has 0 radical (unpaired) electrons. The molecule has 7 heteroatoms. The minimum Gasteiger partial charge on any atom is -0.266 e. The second kappa shape index (κ2) is 5.74. The smallest absolute Gasteiger partial charge is 0.266 e. The molecule has 0 spiro atoms. The average molecular weight is 312 g/mol. The Kier molecular flexibility index (Phi) is 4.83. The third-order valence-corrected chi connectivity index (χ3v) is 2.91. The summed E-state index contributed by atoms with van der Waals surface area (Å²) < 4.78 is 1.14. The van der Waals surface area contributed by atoms with E-state index >= 15 is 0 Å². The summed E-state index contributed by atoms with van der Waals surface area (Å²) >= 11 is 17.2. The highest BCUT2D eigenvalue weighted by atomic mass is 35.5. The predicted octanol–water partition coefficient (Wildman–Crippen LogP) is 3.61. The molecule has 0 aliphatic carbocycles. The number of aromatic nitrogens is 2. The standard InChI is InChI=1S/C10H5Cl3N2O.ClH/c11-6-2-1-3-7(4-6)15-10(16)9(13)8(12)5-14-15;/h1-5H;1H. The van der Waals surface area contributed by atoms with E-state index in [0.29, 0.717) is 10.7 Å². The molecular formula is C10H6Cl4N2O. The van der Waals surface area contributed by atoms with Crippen LogP contribution in [0.25, 0.3) is 5.69 Å². The van der Waals surface area contributed by atoms with Crippen LogP contribution in [-0.2, 0) is 0 Å². The van der Waals surface area contributed by atoms with Gasteiger partial charge < -0.3 is 0 Å². The zero-order chi connectivity index (χ0) is 11.7. The Labute approximate surface area is 118 Å². The highest BCUT2D eigenvalue weighted by Gasteiger charge is 2.08. The lowest BCUT2D eigenvalue weighted by molar-refractivity contribution is 0.807. The molecule has 0 N–H and O–H groups in total. The van der Waals surface area contributed by atoms with E-state index in [-0.39, 0.29) is 22.5 Å². The summed E-state index contributed by atoms with van der Waals surface area (Å²) in [6.45, 7) is 0. The Morgan fingerprint density at radius 3 is 2.53 bits per heavy atom. The summed E-state index contributed by atoms with van der Waals surface area (Å²) in [5.74, 6) is 0. The van der Waals surface area contributed by atoms with E-state index in [0.717, 1.165) is 4.68 Å². The Morgan fingerprint density at radius 1 is 1.18 bits per heavy atom. The fourth-order valence-corrected chi connectivity index (χ4v) is 1.64. The Hall–Kier alpha value is -0.740. The summed E-state index contributed by atoms with van der Waals surface area (Å²) in [4.78, 5) is 11.7. The second-order valence-corrected chi connectivity index (χ2v) is 4.22. The van der Waals surface area contributed by atoms with Crippen LogP contribution in [0.4, 0.5) is 0 Å². The summed E-state index contributed by atoms with van der Waals surface area (Å²) in [5.41, 5.74) is 0.0625. The molecule has 3 nitrogen and oxygen atoms in total. The molecule has 0 aliphatic heterocycles. The summed E-state index contributed by atoms with van der Waals surface area (Å²) in [7, 11) is 0. The van der Waals surface area contributed by atoms with Gasteiger partial charge in [0.15, 0.2) is 0 Å². The first kappa shape index (κ1) is 14.3. The van der Waals surface area contributed by atoms with Gasteiger partial charge in [-0.1, -0.05) is 40.9 Å². The predicted molar refractivity (Wildman–Crippen MR) is 72.1 cm³/mol. The number of hydrogen-bond acceptors (Lipinski definition) is 2. The molecule has 17 heavy (non-hydrogen) atoms. The van der Waals surface area contributed by atoms with E-state index in [2.05, 4.69) is 5.10 Å². The molecule has 0 saturated carbocycles. The lowest BCUT2D eigenvalue weighted by Crippen LogP contribution is -2.21. The third-order valence-electron chi connectivity index (χ3n) is 1.93. The van der Waals surface area contributed by atoms with Crippen molar-refractivity contribution in [3.05, 3.63) is 55.9 Å². The van der Waals surface area contributed by atoms with Gasteiger partial charge in [0.1, 0.15) is 5.02 Å². The highest BCUT2D eigenvalue weighted by Crippen LogP contribution is 2.17. The van der Waals surface area contributed by atoms with Crippen LogP contribution in [0, 0.1) is 0 Å². The molecule has 2 aromatic rings. The Morgan fingerprint density at radius 2 is 1.88 bits per heavy atom. The molecule has 0 atom stereocenters. The van der Waals surface area contributed by atoms with E-state index in [9.17, 15) is 4.79 Å². The molecule has 0 aliphatic rings. The molecule has 90 valence electrons. The van der Waals surface area contributed by atoms with E-state index in [1.54, 1.807) is 24.3 Å². The molecular weight excluding hydrogens is 306 g/mol. The van der Waals surface area contributed by atoms with Gasteiger partial charge in [-0.15, -0.1) is 12.4 Å². The van der Waals surface area contributed by atoms with Gasteiger partial charge in [0.2, 0.25) is 0 Å². The number of nitrogens with zero attached hydrogens (tertiary/aromatic N) is 2.